The third-order valence-corrected chi connectivity index (χ3v) is 4.01. The number of hydrogen-bond donors (Lipinski definition) is 2. The minimum atomic E-state index is -0.0574. The van der Waals surface area contributed by atoms with Gasteiger partial charge in [0.2, 0.25) is 0 Å². The molecule has 0 radical (unpaired) electrons. The smallest absolute Gasteiger partial charge is 0.195 e. The number of benzene rings is 3. The van der Waals surface area contributed by atoms with Gasteiger partial charge in [-0.05, 0) is 48.6 Å². The van der Waals surface area contributed by atoms with Gasteiger partial charge in [0.05, 0.1) is 5.69 Å². The normalized spacial score (nSPS) is 10.1. The van der Waals surface area contributed by atoms with E-state index in [0.717, 1.165) is 5.69 Å². The molecule has 0 spiro atoms. The second-order valence-electron chi connectivity index (χ2n) is 5.33. The van der Waals surface area contributed by atoms with E-state index < -0.39 is 0 Å². The van der Waals surface area contributed by atoms with Gasteiger partial charge in [-0.3, -0.25) is 4.79 Å². The lowest BCUT2D eigenvalue weighted by atomic mass is 10.0. The summed E-state index contributed by atoms with van der Waals surface area (Å²) in [6.07, 6.45) is 0. The highest BCUT2D eigenvalue weighted by molar-refractivity contribution is 7.80. The SMILES string of the molecule is O=C(c1ccccc1)c1ccccc1NC(=S)Nc1ccc(Cl)cc1. The summed E-state index contributed by atoms with van der Waals surface area (Å²) in [4.78, 5) is 12.7. The maximum Gasteiger partial charge on any atom is 0.195 e. The number of para-hydroxylation sites is 1. The van der Waals surface area contributed by atoms with Crippen molar-refractivity contribution in [3.8, 4) is 0 Å². The molecule has 3 aromatic carbocycles. The summed E-state index contributed by atoms with van der Waals surface area (Å²) < 4.78 is 0. The zero-order chi connectivity index (χ0) is 17.6. The van der Waals surface area contributed by atoms with Crippen molar-refractivity contribution in [1.82, 2.24) is 0 Å². The average Bonchev–Trinajstić information content (AvgIpc) is 2.64. The summed E-state index contributed by atoms with van der Waals surface area (Å²) in [5.74, 6) is -0.0574. The third-order valence-electron chi connectivity index (χ3n) is 3.56. The van der Waals surface area contributed by atoms with Crippen LogP contribution in [0.1, 0.15) is 15.9 Å². The fourth-order valence-corrected chi connectivity index (χ4v) is 2.71. The molecule has 0 aliphatic rings. The highest BCUT2D eigenvalue weighted by atomic mass is 35.5. The Kier molecular flexibility index (Phi) is 5.43. The summed E-state index contributed by atoms with van der Waals surface area (Å²) in [5, 5.41) is 7.22. The van der Waals surface area contributed by atoms with Crippen molar-refractivity contribution in [3.05, 3.63) is 95.0 Å². The summed E-state index contributed by atoms with van der Waals surface area (Å²) in [5.41, 5.74) is 2.67. The molecule has 25 heavy (non-hydrogen) atoms. The van der Waals surface area contributed by atoms with Crippen molar-refractivity contribution in [2.24, 2.45) is 0 Å². The molecule has 0 saturated heterocycles. The van der Waals surface area contributed by atoms with Crippen LogP contribution in [0.5, 0.6) is 0 Å². The number of nitrogens with one attached hydrogen (secondary N) is 2. The first-order valence-corrected chi connectivity index (χ1v) is 8.44. The standard InChI is InChI=1S/C20H15ClN2OS/c21-15-10-12-16(13-11-15)22-20(25)23-18-9-5-4-8-17(18)19(24)14-6-2-1-3-7-14/h1-13H,(H2,22,23,25). The van der Waals surface area contributed by atoms with Crippen molar-refractivity contribution >= 4 is 46.1 Å². The molecular weight excluding hydrogens is 352 g/mol. The topological polar surface area (TPSA) is 41.1 Å². The molecule has 0 heterocycles. The van der Waals surface area contributed by atoms with E-state index in [1.807, 2.05) is 48.5 Å². The molecule has 0 aliphatic heterocycles. The number of rotatable bonds is 4. The molecule has 3 rings (SSSR count). The van der Waals surface area contributed by atoms with E-state index >= 15 is 0 Å². The van der Waals surface area contributed by atoms with Crippen LogP contribution < -0.4 is 10.6 Å². The van der Waals surface area contributed by atoms with Gasteiger partial charge in [0, 0.05) is 21.8 Å². The largest absolute Gasteiger partial charge is 0.332 e. The molecule has 0 saturated carbocycles. The van der Waals surface area contributed by atoms with E-state index in [1.165, 1.54) is 0 Å². The van der Waals surface area contributed by atoms with Gasteiger partial charge in [0.15, 0.2) is 10.9 Å². The summed E-state index contributed by atoms with van der Waals surface area (Å²) in [6.45, 7) is 0. The molecule has 0 aromatic heterocycles. The van der Waals surface area contributed by atoms with Crippen LogP contribution in [0.25, 0.3) is 0 Å². The Balaban J connectivity index is 1.78. The van der Waals surface area contributed by atoms with E-state index in [1.54, 1.807) is 30.3 Å². The monoisotopic (exact) mass is 366 g/mol. The molecular formula is C20H15ClN2OS. The molecule has 5 heteroatoms. The van der Waals surface area contributed by atoms with Gasteiger partial charge >= 0.3 is 0 Å². The Morgan fingerprint density at radius 3 is 2.16 bits per heavy atom. The fourth-order valence-electron chi connectivity index (χ4n) is 2.35. The highest BCUT2D eigenvalue weighted by Gasteiger charge is 2.13. The van der Waals surface area contributed by atoms with Crippen LogP contribution in [-0.2, 0) is 0 Å². The molecule has 0 amide bonds. The zero-order valence-corrected chi connectivity index (χ0v) is 14.8. The van der Waals surface area contributed by atoms with Gasteiger partial charge in [0.25, 0.3) is 0 Å². The predicted octanol–water partition coefficient (Wildman–Crippen LogP) is 5.38. The number of ketones is 1. The lowest BCUT2D eigenvalue weighted by molar-refractivity contribution is 0.103. The molecule has 2 N–H and O–H groups in total. The molecule has 124 valence electrons. The van der Waals surface area contributed by atoms with E-state index in [-0.39, 0.29) is 5.78 Å². The van der Waals surface area contributed by atoms with Gasteiger partial charge < -0.3 is 10.6 Å². The summed E-state index contributed by atoms with van der Waals surface area (Å²) in [6, 6.07) is 23.7. The van der Waals surface area contributed by atoms with Crippen molar-refractivity contribution < 1.29 is 4.79 Å². The minimum absolute atomic E-state index is 0.0574. The van der Waals surface area contributed by atoms with Gasteiger partial charge in [-0.25, -0.2) is 0 Å². The predicted molar refractivity (Wildman–Crippen MR) is 108 cm³/mol. The third kappa shape index (κ3) is 4.44. The molecule has 3 nitrogen and oxygen atoms in total. The number of halogens is 1. The Morgan fingerprint density at radius 1 is 0.800 bits per heavy atom. The quantitative estimate of drug-likeness (QED) is 0.480. The van der Waals surface area contributed by atoms with Crippen LogP contribution in [0.4, 0.5) is 11.4 Å². The van der Waals surface area contributed by atoms with Crippen molar-refractivity contribution in [2.75, 3.05) is 10.6 Å². The number of anilines is 2. The second-order valence-corrected chi connectivity index (χ2v) is 6.17. The van der Waals surface area contributed by atoms with Crippen LogP contribution in [0, 0.1) is 0 Å². The number of carbonyl (C=O) groups is 1. The van der Waals surface area contributed by atoms with Crippen LogP contribution >= 0.6 is 23.8 Å². The van der Waals surface area contributed by atoms with E-state index in [0.29, 0.717) is 26.9 Å². The van der Waals surface area contributed by atoms with Crippen LogP contribution in [0.3, 0.4) is 0 Å². The van der Waals surface area contributed by atoms with Gasteiger partial charge in [-0.15, -0.1) is 0 Å². The first kappa shape index (κ1) is 17.1. The number of thiocarbonyl (C=S) groups is 1. The zero-order valence-electron chi connectivity index (χ0n) is 13.2. The van der Waals surface area contributed by atoms with E-state index in [9.17, 15) is 4.79 Å². The second kappa shape index (κ2) is 7.92. The first-order valence-electron chi connectivity index (χ1n) is 7.66. The molecule has 0 aliphatic carbocycles. The van der Waals surface area contributed by atoms with Crippen LogP contribution in [0.15, 0.2) is 78.9 Å². The van der Waals surface area contributed by atoms with E-state index in [4.69, 9.17) is 23.8 Å². The molecule has 3 aromatic rings. The highest BCUT2D eigenvalue weighted by Crippen LogP contribution is 2.20. The maximum atomic E-state index is 12.7. The fraction of sp³-hybridized carbons (Fsp3) is 0. The Hall–Kier alpha value is -2.69. The van der Waals surface area contributed by atoms with Crippen LogP contribution in [-0.4, -0.2) is 10.9 Å². The van der Waals surface area contributed by atoms with E-state index in [2.05, 4.69) is 10.6 Å². The maximum absolute atomic E-state index is 12.7. The van der Waals surface area contributed by atoms with Gasteiger partial charge in [0.1, 0.15) is 0 Å². The van der Waals surface area contributed by atoms with Crippen LogP contribution in [0.2, 0.25) is 5.02 Å². The molecule has 0 unspecified atom stereocenters. The van der Waals surface area contributed by atoms with Gasteiger partial charge in [-0.2, -0.15) is 0 Å². The van der Waals surface area contributed by atoms with Crippen molar-refractivity contribution in [2.45, 2.75) is 0 Å². The van der Waals surface area contributed by atoms with Crippen molar-refractivity contribution in [1.29, 1.82) is 0 Å². The van der Waals surface area contributed by atoms with Gasteiger partial charge in [-0.1, -0.05) is 54.1 Å². The average molecular weight is 367 g/mol. The summed E-state index contributed by atoms with van der Waals surface area (Å²) in [7, 11) is 0. The Bertz CT molecular complexity index is 895. The minimum Gasteiger partial charge on any atom is -0.332 e. The summed E-state index contributed by atoms with van der Waals surface area (Å²) >= 11 is 11.2. The number of hydrogen-bond acceptors (Lipinski definition) is 2. The Morgan fingerprint density at radius 2 is 1.44 bits per heavy atom. The molecule has 0 fully saturated rings. The molecule has 0 atom stereocenters. The number of carbonyl (C=O) groups excluding carboxylic acids is 1. The lowest BCUT2D eigenvalue weighted by Gasteiger charge is -2.13. The molecule has 0 bridgehead atoms. The van der Waals surface area contributed by atoms with Crippen molar-refractivity contribution in [3.63, 3.8) is 0 Å². The lowest BCUT2D eigenvalue weighted by Crippen LogP contribution is -2.20. The Labute approximate surface area is 156 Å². The first-order chi connectivity index (χ1) is 12.1.